The topological polar surface area (TPSA) is 45.7 Å². The number of hydrogen-bond acceptors (Lipinski definition) is 2. The van der Waals surface area contributed by atoms with Crippen molar-refractivity contribution in [3.05, 3.63) is 29.6 Å². The summed E-state index contributed by atoms with van der Waals surface area (Å²) in [5.41, 5.74) is -0.243. The molecule has 0 fully saturated rings. The van der Waals surface area contributed by atoms with E-state index in [2.05, 4.69) is 20.4 Å². The van der Waals surface area contributed by atoms with Crippen LogP contribution in [0.3, 0.4) is 0 Å². The Morgan fingerprint density at radius 3 is 2.48 bits per heavy atom. The van der Waals surface area contributed by atoms with E-state index in [0.29, 0.717) is 12.5 Å². The summed E-state index contributed by atoms with van der Waals surface area (Å²) >= 11 is 0. The van der Waals surface area contributed by atoms with Gasteiger partial charge in [-0.05, 0) is 39.8 Å². The SMILES string of the molecule is CCNC(=NCc1c(F)cccc1OC(F)F)NC(C)(C)C.I. The Morgan fingerprint density at radius 2 is 1.96 bits per heavy atom. The number of nitrogens with one attached hydrogen (secondary N) is 2. The first-order valence-electron chi connectivity index (χ1n) is 7.01. The Bertz CT molecular complexity index is 519. The summed E-state index contributed by atoms with van der Waals surface area (Å²) in [5, 5.41) is 6.15. The molecule has 0 saturated carbocycles. The number of nitrogens with zero attached hydrogens (tertiary/aromatic N) is 1. The molecule has 0 amide bonds. The Morgan fingerprint density at radius 1 is 1.30 bits per heavy atom. The second-order valence-electron chi connectivity index (χ2n) is 5.67. The number of rotatable bonds is 5. The molecule has 0 atom stereocenters. The quantitative estimate of drug-likeness (QED) is 0.411. The van der Waals surface area contributed by atoms with Crippen LogP contribution in [-0.2, 0) is 6.54 Å². The Kier molecular flexibility index (Phi) is 9.33. The van der Waals surface area contributed by atoms with Crippen LogP contribution in [0.25, 0.3) is 0 Å². The minimum atomic E-state index is -3.01. The summed E-state index contributed by atoms with van der Waals surface area (Å²) in [5.74, 6) is -0.361. The number of guanidine groups is 1. The zero-order chi connectivity index (χ0) is 16.8. The van der Waals surface area contributed by atoms with Gasteiger partial charge in [0.25, 0.3) is 0 Å². The predicted octanol–water partition coefficient (Wildman–Crippen LogP) is 3.90. The van der Waals surface area contributed by atoms with Crippen molar-refractivity contribution in [3.8, 4) is 5.75 Å². The third kappa shape index (κ3) is 8.29. The molecule has 0 unspecified atom stereocenters. The highest BCUT2D eigenvalue weighted by Gasteiger charge is 2.15. The third-order valence-corrected chi connectivity index (χ3v) is 2.52. The molecule has 0 bridgehead atoms. The van der Waals surface area contributed by atoms with Crippen LogP contribution in [-0.4, -0.2) is 24.7 Å². The lowest BCUT2D eigenvalue weighted by molar-refractivity contribution is -0.0506. The number of ether oxygens (including phenoxy) is 1. The maximum Gasteiger partial charge on any atom is 0.387 e. The van der Waals surface area contributed by atoms with Crippen molar-refractivity contribution in [2.45, 2.75) is 46.4 Å². The predicted molar refractivity (Wildman–Crippen MR) is 96.2 cm³/mol. The van der Waals surface area contributed by atoms with Gasteiger partial charge in [-0.15, -0.1) is 24.0 Å². The second kappa shape index (κ2) is 9.84. The molecule has 132 valence electrons. The van der Waals surface area contributed by atoms with Crippen LogP contribution in [0, 0.1) is 5.82 Å². The van der Waals surface area contributed by atoms with E-state index in [1.807, 2.05) is 27.7 Å². The van der Waals surface area contributed by atoms with Crippen molar-refractivity contribution < 1.29 is 17.9 Å². The average Bonchev–Trinajstić information content (AvgIpc) is 2.35. The molecule has 2 N–H and O–H groups in total. The Balaban J connectivity index is 0.00000484. The fourth-order valence-electron chi connectivity index (χ4n) is 1.72. The molecule has 0 aliphatic rings. The second-order valence-corrected chi connectivity index (χ2v) is 5.67. The van der Waals surface area contributed by atoms with Gasteiger partial charge in [-0.1, -0.05) is 6.07 Å². The molecular formula is C15H23F3IN3O. The minimum absolute atomic E-state index is 0. The molecule has 0 heterocycles. The molecule has 1 aromatic rings. The van der Waals surface area contributed by atoms with Crippen LogP contribution >= 0.6 is 24.0 Å². The number of aliphatic imine (C=N–C) groups is 1. The first-order valence-corrected chi connectivity index (χ1v) is 7.01. The third-order valence-electron chi connectivity index (χ3n) is 2.52. The molecule has 4 nitrogen and oxygen atoms in total. The van der Waals surface area contributed by atoms with Crippen molar-refractivity contribution in [2.24, 2.45) is 4.99 Å². The van der Waals surface area contributed by atoms with Gasteiger partial charge in [0.2, 0.25) is 0 Å². The van der Waals surface area contributed by atoms with Gasteiger partial charge < -0.3 is 15.4 Å². The van der Waals surface area contributed by atoms with E-state index in [1.165, 1.54) is 18.2 Å². The standard InChI is InChI=1S/C15H22F3N3O.HI/c1-5-19-14(21-15(2,3)4)20-9-10-11(16)7-6-8-12(10)22-13(17)18;/h6-8,13H,5,9H2,1-4H3,(H2,19,20,21);1H. The molecule has 8 heteroatoms. The van der Waals surface area contributed by atoms with E-state index >= 15 is 0 Å². The van der Waals surface area contributed by atoms with Crippen LogP contribution in [0.4, 0.5) is 13.2 Å². The minimum Gasteiger partial charge on any atom is -0.434 e. The van der Waals surface area contributed by atoms with Crippen LogP contribution in [0.15, 0.2) is 23.2 Å². The molecule has 23 heavy (non-hydrogen) atoms. The van der Waals surface area contributed by atoms with Gasteiger partial charge in [-0.25, -0.2) is 9.38 Å². The van der Waals surface area contributed by atoms with Gasteiger partial charge in [0, 0.05) is 12.1 Å². The van der Waals surface area contributed by atoms with E-state index in [-0.39, 0.29) is 47.4 Å². The monoisotopic (exact) mass is 445 g/mol. The summed E-state index contributed by atoms with van der Waals surface area (Å²) in [6.07, 6.45) is 0. The highest BCUT2D eigenvalue weighted by molar-refractivity contribution is 14.0. The first-order chi connectivity index (χ1) is 10.2. The van der Waals surface area contributed by atoms with Gasteiger partial charge in [0.05, 0.1) is 12.1 Å². The van der Waals surface area contributed by atoms with E-state index in [4.69, 9.17) is 0 Å². The van der Waals surface area contributed by atoms with Crippen molar-refractivity contribution in [1.82, 2.24) is 10.6 Å². The molecule has 0 aliphatic heterocycles. The highest BCUT2D eigenvalue weighted by Crippen LogP contribution is 2.24. The van der Waals surface area contributed by atoms with Crippen LogP contribution in [0.1, 0.15) is 33.3 Å². The van der Waals surface area contributed by atoms with E-state index in [1.54, 1.807) is 0 Å². The zero-order valence-corrected chi connectivity index (χ0v) is 16.0. The fraction of sp³-hybridized carbons (Fsp3) is 0.533. The van der Waals surface area contributed by atoms with Gasteiger partial charge >= 0.3 is 6.61 Å². The molecule has 1 rings (SSSR count). The molecule has 0 spiro atoms. The molecule has 0 saturated heterocycles. The van der Waals surface area contributed by atoms with Crippen molar-refractivity contribution in [3.63, 3.8) is 0 Å². The molecule has 0 aromatic heterocycles. The Labute approximate surface area is 151 Å². The molecular weight excluding hydrogens is 422 g/mol. The number of benzene rings is 1. The molecule has 0 aliphatic carbocycles. The summed E-state index contributed by atoms with van der Waals surface area (Å²) in [4.78, 5) is 4.23. The van der Waals surface area contributed by atoms with Gasteiger partial charge in [0.15, 0.2) is 5.96 Å². The summed E-state index contributed by atoms with van der Waals surface area (Å²) in [6, 6.07) is 3.80. The summed E-state index contributed by atoms with van der Waals surface area (Å²) in [7, 11) is 0. The lowest BCUT2D eigenvalue weighted by atomic mass is 10.1. The normalized spacial score (nSPS) is 11.9. The number of halogens is 4. The van der Waals surface area contributed by atoms with E-state index < -0.39 is 12.4 Å². The maximum atomic E-state index is 13.8. The van der Waals surface area contributed by atoms with Crippen molar-refractivity contribution in [2.75, 3.05) is 6.54 Å². The largest absolute Gasteiger partial charge is 0.434 e. The summed E-state index contributed by atoms with van der Waals surface area (Å²) < 4.78 is 42.9. The van der Waals surface area contributed by atoms with Crippen LogP contribution in [0.5, 0.6) is 5.75 Å². The lowest BCUT2D eigenvalue weighted by Crippen LogP contribution is -2.47. The van der Waals surface area contributed by atoms with Crippen LogP contribution in [0.2, 0.25) is 0 Å². The van der Waals surface area contributed by atoms with E-state index in [9.17, 15) is 13.2 Å². The van der Waals surface area contributed by atoms with Crippen molar-refractivity contribution in [1.29, 1.82) is 0 Å². The lowest BCUT2D eigenvalue weighted by Gasteiger charge is -2.23. The number of hydrogen-bond donors (Lipinski definition) is 2. The smallest absolute Gasteiger partial charge is 0.387 e. The van der Waals surface area contributed by atoms with Gasteiger partial charge in [-0.3, -0.25) is 0 Å². The first kappa shape index (κ1) is 21.8. The van der Waals surface area contributed by atoms with Crippen LogP contribution < -0.4 is 15.4 Å². The van der Waals surface area contributed by atoms with Crippen molar-refractivity contribution >= 4 is 29.9 Å². The Hall–Kier alpha value is -1.19. The highest BCUT2D eigenvalue weighted by atomic mass is 127. The zero-order valence-electron chi connectivity index (χ0n) is 13.6. The number of alkyl halides is 2. The van der Waals surface area contributed by atoms with Gasteiger partial charge in [0.1, 0.15) is 11.6 Å². The maximum absolute atomic E-state index is 13.8. The summed E-state index contributed by atoms with van der Waals surface area (Å²) in [6.45, 7) is 5.26. The van der Waals surface area contributed by atoms with Gasteiger partial charge in [-0.2, -0.15) is 8.78 Å². The average molecular weight is 445 g/mol. The molecule has 0 radical (unpaired) electrons. The molecule has 1 aromatic carbocycles. The fourth-order valence-corrected chi connectivity index (χ4v) is 1.72. The van der Waals surface area contributed by atoms with E-state index in [0.717, 1.165) is 0 Å².